The predicted molar refractivity (Wildman–Crippen MR) is 543 cm³/mol. The van der Waals surface area contributed by atoms with Crippen LogP contribution in [0.5, 0.6) is 0 Å². The molecule has 15 rings (SSSR count). The van der Waals surface area contributed by atoms with Gasteiger partial charge in [-0.3, -0.25) is 0 Å². The van der Waals surface area contributed by atoms with E-state index in [1.165, 1.54) is 77.9 Å². The topological polar surface area (TPSA) is 0 Å². The summed E-state index contributed by atoms with van der Waals surface area (Å²) in [5.41, 5.74) is 49.5. The molecule has 15 aromatic rings. The van der Waals surface area contributed by atoms with Crippen molar-refractivity contribution >= 4 is 16.1 Å². The second-order valence-corrected chi connectivity index (χ2v) is 47.2. The van der Waals surface area contributed by atoms with E-state index in [0.717, 1.165) is 117 Å². The van der Waals surface area contributed by atoms with E-state index in [2.05, 4.69) is 449 Å². The molecule has 0 amide bonds. The smallest absolute Gasteiger partial charge is 0.125 e. The van der Waals surface area contributed by atoms with E-state index in [1.54, 1.807) is 0 Å². The average molecular weight is 1650 g/mol. The Kier molecular flexibility index (Phi) is 25.5. The van der Waals surface area contributed by atoms with Crippen LogP contribution in [0, 0.1) is 87.7 Å². The molecule has 0 aliphatic heterocycles. The first-order valence-electron chi connectivity index (χ1n) is 44.4. The Morgan fingerprint density at radius 1 is 0.208 bits per heavy atom. The van der Waals surface area contributed by atoms with Gasteiger partial charge in [0.2, 0.25) is 0 Å². The lowest BCUT2D eigenvalue weighted by atomic mass is 9.64. The zero-order chi connectivity index (χ0) is 88.0. The summed E-state index contributed by atoms with van der Waals surface area (Å²) in [7, 11) is -3.71. The second kappa shape index (κ2) is 36.9. The van der Waals surface area contributed by atoms with E-state index >= 15 is 0 Å². The third kappa shape index (κ3) is 17.0. The van der Waals surface area contributed by atoms with Crippen LogP contribution in [0.1, 0.15) is 155 Å². The van der Waals surface area contributed by atoms with E-state index in [0.29, 0.717) is 33.2 Å². The Bertz CT molecular complexity index is 6490. The molecule has 0 aromatic heterocycles. The largest absolute Gasteiger partial charge is 0.146 e. The lowest BCUT2D eigenvalue weighted by Gasteiger charge is -2.38. The van der Waals surface area contributed by atoms with Crippen LogP contribution < -0.4 is 0 Å². The van der Waals surface area contributed by atoms with Crippen LogP contribution in [0.25, 0.3) is 122 Å². The molecule has 125 heavy (non-hydrogen) atoms. The lowest BCUT2D eigenvalue weighted by Crippen LogP contribution is -2.43. The number of aryl methyl sites for hydroxylation is 4. The van der Waals surface area contributed by atoms with Gasteiger partial charge in [0.1, 0.15) is 16.1 Å². The molecule has 15 aromatic carbocycles. The van der Waals surface area contributed by atoms with Crippen LogP contribution in [-0.4, -0.2) is 16.1 Å². The number of benzene rings is 15. The zero-order valence-corrected chi connectivity index (χ0v) is 77.5. The molecule has 0 heterocycles. The monoisotopic (exact) mass is 1640 g/mol. The van der Waals surface area contributed by atoms with Crippen LogP contribution in [-0.2, 0) is 5.41 Å². The molecule has 0 nitrogen and oxygen atoms in total. The molecule has 0 aliphatic carbocycles. The van der Waals surface area contributed by atoms with Gasteiger partial charge in [-0.1, -0.05) is 380 Å². The average Bonchev–Trinajstić information content (AvgIpc) is 0.726. The number of terminal acetylenes is 3. The van der Waals surface area contributed by atoms with Crippen molar-refractivity contribution in [3.8, 4) is 182 Å². The molecule has 0 saturated carbocycles. The van der Waals surface area contributed by atoms with Gasteiger partial charge in [0.25, 0.3) is 0 Å². The number of hydrogen-bond donors (Lipinski definition) is 0. The minimum Gasteiger partial charge on any atom is -0.125 e. The third-order valence-electron chi connectivity index (χ3n) is 27.1. The molecule has 0 aliphatic rings. The van der Waals surface area contributed by atoms with Crippen molar-refractivity contribution in [1.82, 2.24) is 0 Å². The Balaban J connectivity index is 0.838. The molecular formula is C123H112Si2. The number of hydrogen-bond acceptors (Lipinski definition) is 0. The lowest BCUT2D eigenvalue weighted by molar-refractivity contribution is 0.745. The van der Waals surface area contributed by atoms with Gasteiger partial charge >= 0.3 is 0 Å². The fourth-order valence-corrected chi connectivity index (χ4v) is 31.0. The van der Waals surface area contributed by atoms with Gasteiger partial charge in [0, 0.05) is 27.8 Å². The molecule has 0 bridgehead atoms. The molecule has 0 fully saturated rings. The van der Waals surface area contributed by atoms with E-state index in [9.17, 15) is 0 Å². The van der Waals surface area contributed by atoms with E-state index in [4.69, 9.17) is 19.3 Å². The summed E-state index contributed by atoms with van der Waals surface area (Å²) >= 11 is 0. The molecular weight excluding hydrogens is 1530 g/mol. The molecule has 612 valence electrons. The van der Waals surface area contributed by atoms with Gasteiger partial charge in [0.15, 0.2) is 0 Å². The fourth-order valence-electron chi connectivity index (χ4n) is 20.5. The summed E-state index contributed by atoms with van der Waals surface area (Å²) in [4.78, 5) is 0. The standard InChI is InChI=1S/C123H112Si2/c1-20-92-37-65-110(66-38-92)123(111-67-39-93(21-2)40-68-111,112-69-41-94(22-3)42-70-112)113-71-63-106(64-72-113)119-81-118(101-29-25-23-26-30-101)121(108-59-55-104(56-60-108)116-79-88(16)114(77-90(116)18)102-51-47-99(48-52-102)97-43-33-95(34-44-97)73-75-124(82(4)5,83(6)7)84(8)9)122(120(119)107-31-27-24-28-32-107)109-61-57-105(58-62-109)117-80-89(17)115(78-91(117)19)103-53-49-100(50-54-103)98-45-35-96(36-46-98)74-76-125(85(10)11,86(12)13)87(14)15/h1-3,23-72,77-87H,4-19H3. The number of rotatable bonds is 21. The fraction of sp³-hybridized carbons (Fsp3) is 0.187. The second-order valence-electron chi connectivity index (χ2n) is 36.0. The molecule has 0 spiro atoms. The summed E-state index contributed by atoms with van der Waals surface area (Å²) in [6.45, 7) is 37.5. The van der Waals surface area contributed by atoms with Crippen molar-refractivity contribution in [2.24, 2.45) is 0 Å². The van der Waals surface area contributed by atoms with Crippen molar-refractivity contribution in [2.75, 3.05) is 0 Å². The molecule has 0 saturated heterocycles. The highest BCUT2D eigenvalue weighted by molar-refractivity contribution is 6.91. The quantitative estimate of drug-likeness (QED) is 0.0382. The Hall–Kier alpha value is -13.5. The van der Waals surface area contributed by atoms with Crippen LogP contribution >= 0.6 is 0 Å². The first-order chi connectivity index (χ1) is 60.4. The Labute approximate surface area is 748 Å². The molecule has 0 atom stereocenters. The van der Waals surface area contributed by atoms with Crippen LogP contribution in [0.4, 0.5) is 0 Å². The van der Waals surface area contributed by atoms with Crippen LogP contribution in [0.3, 0.4) is 0 Å². The maximum absolute atomic E-state index is 6.08. The first kappa shape index (κ1) is 86.5. The maximum atomic E-state index is 6.08. The van der Waals surface area contributed by atoms with E-state index < -0.39 is 21.6 Å². The summed E-state index contributed by atoms with van der Waals surface area (Å²) in [6.07, 6.45) is 18.2. The van der Waals surface area contributed by atoms with Crippen molar-refractivity contribution < 1.29 is 0 Å². The Morgan fingerprint density at radius 2 is 0.408 bits per heavy atom. The summed E-state index contributed by atoms with van der Waals surface area (Å²) < 4.78 is 0. The highest BCUT2D eigenvalue weighted by atomic mass is 28.3. The summed E-state index contributed by atoms with van der Waals surface area (Å²) in [5.74, 6) is 15.9. The van der Waals surface area contributed by atoms with Crippen LogP contribution in [0.15, 0.2) is 334 Å². The van der Waals surface area contributed by atoms with Gasteiger partial charge in [0.05, 0.1) is 5.41 Å². The van der Waals surface area contributed by atoms with Gasteiger partial charge in [-0.25, -0.2) is 0 Å². The van der Waals surface area contributed by atoms with Crippen molar-refractivity contribution in [2.45, 2.75) is 149 Å². The minimum atomic E-state index is -1.86. The normalized spacial score (nSPS) is 11.6. The van der Waals surface area contributed by atoms with Gasteiger partial charge < -0.3 is 0 Å². The Morgan fingerprint density at radius 3 is 0.680 bits per heavy atom. The molecule has 0 radical (unpaired) electrons. The first-order valence-corrected chi connectivity index (χ1v) is 48.9. The predicted octanol–water partition coefficient (Wildman–Crippen LogP) is 32.7. The molecule has 0 unspecified atom stereocenters. The molecule has 2 heteroatoms. The highest BCUT2D eigenvalue weighted by Gasteiger charge is 2.44. The van der Waals surface area contributed by atoms with Gasteiger partial charge in [-0.05, 0) is 295 Å². The van der Waals surface area contributed by atoms with Crippen molar-refractivity contribution in [1.29, 1.82) is 0 Å². The third-order valence-corrected chi connectivity index (χ3v) is 39.7. The highest BCUT2D eigenvalue weighted by Crippen LogP contribution is 2.54. The van der Waals surface area contributed by atoms with Gasteiger partial charge in [-0.2, -0.15) is 0 Å². The minimum absolute atomic E-state index is 0.587. The van der Waals surface area contributed by atoms with E-state index in [-0.39, 0.29) is 0 Å². The van der Waals surface area contributed by atoms with Crippen molar-refractivity contribution in [3.05, 3.63) is 406 Å². The zero-order valence-electron chi connectivity index (χ0n) is 75.5. The van der Waals surface area contributed by atoms with Crippen molar-refractivity contribution in [3.63, 3.8) is 0 Å². The van der Waals surface area contributed by atoms with E-state index in [1.807, 2.05) is 36.4 Å². The maximum Gasteiger partial charge on any atom is 0.146 e. The summed E-state index contributed by atoms with van der Waals surface area (Å²) in [6, 6.07) is 123. The summed E-state index contributed by atoms with van der Waals surface area (Å²) in [5, 5.41) is 0. The molecule has 0 N–H and O–H groups in total. The van der Waals surface area contributed by atoms with Crippen LogP contribution in [0.2, 0.25) is 33.2 Å². The van der Waals surface area contributed by atoms with Gasteiger partial charge in [-0.15, -0.1) is 30.4 Å². The SMILES string of the molecule is C#Cc1ccc(C(c2ccc(C#C)cc2)(c2ccc(C#C)cc2)c2ccc(-c3cc(-c4ccccc4)c(-c4ccc(-c5cc(C)c(-c6ccc(-c7ccc(C#C[Si](C(C)C)(C(C)C)C(C)C)cc7)cc6)cc5C)cc4)c(-c4ccc(-c5cc(C)c(-c6ccc(-c7ccc(C#C[Si](C(C)C)(C(C)C)C(C)C)cc7)cc6)cc5C)cc4)c3-c3ccccc3)cc2)cc1.